The quantitative estimate of drug-likeness (QED) is 0.704. The highest BCUT2D eigenvalue weighted by Gasteiger charge is 2.38. The third kappa shape index (κ3) is 5.19. The molecule has 1 aliphatic heterocycles. The van der Waals surface area contributed by atoms with Gasteiger partial charge in [0.15, 0.2) is 5.66 Å². The highest BCUT2D eigenvalue weighted by molar-refractivity contribution is 7.09. The van der Waals surface area contributed by atoms with Crippen molar-refractivity contribution in [1.82, 2.24) is 15.3 Å². The van der Waals surface area contributed by atoms with Gasteiger partial charge in [0, 0.05) is 49.5 Å². The molecular formula is C18H19N5OS. The van der Waals surface area contributed by atoms with E-state index >= 15 is 0 Å². The van der Waals surface area contributed by atoms with Crippen molar-refractivity contribution in [2.75, 3.05) is 6.54 Å². The van der Waals surface area contributed by atoms with Crippen molar-refractivity contribution in [1.29, 1.82) is 0 Å². The smallest absolute Gasteiger partial charge is 0.226 e. The summed E-state index contributed by atoms with van der Waals surface area (Å²) < 4.78 is 0. The summed E-state index contributed by atoms with van der Waals surface area (Å²) in [6.07, 6.45) is 10.1. The number of pyridine rings is 1. The van der Waals surface area contributed by atoms with Gasteiger partial charge in [-0.2, -0.15) is 10.2 Å². The SMILES string of the molecule is C#CCCC1(CCNC(=O)Cc2csc(Cc3ccccn3)n2)N=N1. The second kappa shape index (κ2) is 7.99. The van der Waals surface area contributed by atoms with Crippen LogP contribution in [-0.2, 0) is 17.6 Å². The number of amides is 1. The Labute approximate surface area is 150 Å². The Morgan fingerprint density at radius 3 is 2.88 bits per heavy atom. The number of hydrogen-bond donors (Lipinski definition) is 1. The fourth-order valence-corrected chi connectivity index (χ4v) is 3.28. The van der Waals surface area contributed by atoms with Crippen LogP contribution in [0.3, 0.4) is 0 Å². The molecule has 3 rings (SSSR count). The maximum Gasteiger partial charge on any atom is 0.226 e. The van der Waals surface area contributed by atoms with Gasteiger partial charge in [-0.25, -0.2) is 4.98 Å². The summed E-state index contributed by atoms with van der Waals surface area (Å²) in [5.41, 5.74) is 1.41. The molecule has 128 valence electrons. The average Bonchev–Trinajstić information content (AvgIpc) is 3.25. The van der Waals surface area contributed by atoms with Crippen LogP contribution in [0.15, 0.2) is 40.0 Å². The molecule has 6 nitrogen and oxygen atoms in total. The molecule has 2 aromatic rings. The molecule has 0 radical (unpaired) electrons. The number of terminal acetylenes is 1. The zero-order valence-corrected chi connectivity index (χ0v) is 14.6. The van der Waals surface area contributed by atoms with E-state index < -0.39 is 0 Å². The van der Waals surface area contributed by atoms with Crippen LogP contribution in [0.2, 0.25) is 0 Å². The Morgan fingerprint density at radius 2 is 2.16 bits per heavy atom. The second-order valence-corrected chi connectivity index (χ2v) is 6.84. The van der Waals surface area contributed by atoms with Gasteiger partial charge in [0.2, 0.25) is 5.91 Å². The lowest BCUT2D eigenvalue weighted by atomic mass is 10.0. The maximum absolute atomic E-state index is 12.0. The fraction of sp³-hybridized carbons (Fsp3) is 0.389. The molecular weight excluding hydrogens is 334 g/mol. The Balaban J connectivity index is 1.41. The third-order valence-corrected chi connectivity index (χ3v) is 4.80. The van der Waals surface area contributed by atoms with E-state index in [-0.39, 0.29) is 18.0 Å². The molecule has 0 spiro atoms. The van der Waals surface area contributed by atoms with Gasteiger partial charge in [0.1, 0.15) is 0 Å². The first-order chi connectivity index (χ1) is 12.2. The summed E-state index contributed by atoms with van der Waals surface area (Å²) in [6, 6.07) is 5.82. The van der Waals surface area contributed by atoms with E-state index in [1.54, 1.807) is 17.5 Å². The molecule has 0 aromatic carbocycles. The van der Waals surface area contributed by atoms with E-state index in [1.807, 2.05) is 23.6 Å². The van der Waals surface area contributed by atoms with Crippen molar-refractivity contribution in [3.8, 4) is 12.3 Å². The summed E-state index contributed by atoms with van der Waals surface area (Å²) in [5.74, 6) is 2.56. The zero-order valence-electron chi connectivity index (χ0n) is 13.8. The highest BCUT2D eigenvalue weighted by Crippen LogP contribution is 2.35. The Morgan fingerprint density at radius 1 is 1.28 bits per heavy atom. The lowest BCUT2D eigenvalue weighted by Crippen LogP contribution is -2.29. The van der Waals surface area contributed by atoms with Crippen molar-refractivity contribution >= 4 is 17.2 Å². The van der Waals surface area contributed by atoms with Crippen LogP contribution in [0.5, 0.6) is 0 Å². The van der Waals surface area contributed by atoms with Crippen LogP contribution in [0.1, 0.15) is 35.7 Å². The molecule has 0 atom stereocenters. The first-order valence-corrected chi connectivity index (χ1v) is 9.04. The van der Waals surface area contributed by atoms with E-state index in [0.29, 0.717) is 25.8 Å². The minimum Gasteiger partial charge on any atom is -0.356 e. The number of rotatable bonds is 9. The molecule has 25 heavy (non-hydrogen) atoms. The van der Waals surface area contributed by atoms with Gasteiger partial charge in [0.05, 0.1) is 17.1 Å². The van der Waals surface area contributed by atoms with Crippen LogP contribution in [0.25, 0.3) is 0 Å². The molecule has 7 heteroatoms. The van der Waals surface area contributed by atoms with E-state index in [9.17, 15) is 4.79 Å². The fourth-order valence-electron chi connectivity index (χ4n) is 2.47. The molecule has 0 bridgehead atoms. The van der Waals surface area contributed by atoms with Gasteiger partial charge >= 0.3 is 0 Å². The van der Waals surface area contributed by atoms with Crippen molar-refractivity contribution in [3.63, 3.8) is 0 Å². The Hall–Kier alpha value is -2.59. The maximum atomic E-state index is 12.0. The van der Waals surface area contributed by atoms with E-state index in [0.717, 1.165) is 22.8 Å². The van der Waals surface area contributed by atoms with Gasteiger partial charge in [-0.3, -0.25) is 9.78 Å². The van der Waals surface area contributed by atoms with E-state index in [2.05, 4.69) is 31.4 Å². The standard InChI is InChI=1S/C18H19N5OS/c1-2-3-7-18(22-23-18)8-10-20-16(24)11-15-13-25-17(21-15)12-14-6-4-5-9-19-14/h1,4-6,9,13H,3,7-8,10-12H2,(H,20,24). The van der Waals surface area contributed by atoms with Crippen LogP contribution < -0.4 is 5.32 Å². The molecule has 0 aliphatic carbocycles. The molecule has 0 saturated heterocycles. The van der Waals surface area contributed by atoms with Crippen LogP contribution >= 0.6 is 11.3 Å². The molecule has 1 amide bonds. The minimum absolute atomic E-state index is 0.0394. The number of aromatic nitrogens is 2. The van der Waals surface area contributed by atoms with E-state index in [4.69, 9.17) is 6.42 Å². The van der Waals surface area contributed by atoms with Gasteiger partial charge in [-0.15, -0.1) is 23.7 Å². The van der Waals surface area contributed by atoms with Crippen molar-refractivity contribution in [2.24, 2.45) is 10.2 Å². The average molecular weight is 353 g/mol. The van der Waals surface area contributed by atoms with Gasteiger partial charge in [0.25, 0.3) is 0 Å². The summed E-state index contributed by atoms with van der Waals surface area (Å²) in [4.78, 5) is 20.9. The van der Waals surface area contributed by atoms with Crippen LogP contribution in [-0.4, -0.2) is 28.1 Å². The number of nitrogens with zero attached hydrogens (tertiary/aromatic N) is 4. The lowest BCUT2D eigenvalue weighted by molar-refractivity contribution is -0.120. The molecule has 0 unspecified atom stereocenters. The predicted molar refractivity (Wildman–Crippen MR) is 96.1 cm³/mol. The van der Waals surface area contributed by atoms with Gasteiger partial charge < -0.3 is 5.32 Å². The van der Waals surface area contributed by atoms with E-state index in [1.165, 1.54) is 0 Å². The Kier molecular flexibility index (Phi) is 5.51. The topological polar surface area (TPSA) is 79.6 Å². The largest absolute Gasteiger partial charge is 0.356 e. The molecule has 0 fully saturated rings. The molecule has 2 aromatic heterocycles. The zero-order chi connectivity index (χ0) is 17.5. The van der Waals surface area contributed by atoms with Crippen LogP contribution in [0.4, 0.5) is 0 Å². The third-order valence-electron chi connectivity index (χ3n) is 3.90. The first-order valence-electron chi connectivity index (χ1n) is 8.16. The van der Waals surface area contributed by atoms with Crippen molar-refractivity contribution in [2.45, 2.75) is 37.8 Å². The lowest BCUT2D eigenvalue weighted by Gasteiger charge is -2.09. The normalized spacial score (nSPS) is 14.0. The summed E-state index contributed by atoms with van der Waals surface area (Å²) in [6.45, 7) is 0.543. The van der Waals surface area contributed by atoms with Crippen LogP contribution in [0, 0.1) is 12.3 Å². The number of carbonyl (C=O) groups excluding carboxylic acids is 1. The number of nitrogens with one attached hydrogen (secondary N) is 1. The summed E-state index contributed by atoms with van der Waals surface area (Å²) in [7, 11) is 0. The monoisotopic (exact) mass is 353 g/mol. The van der Waals surface area contributed by atoms with Gasteiger partial charge in [-0.05, 0) is 12.1 Å². The molecule has 1 aliphatic rings. The first kappa shape index (κ1) is 17.2. The number of hydrogen-bond acceptors (Lipinski definition) is 6. The Bertz CT molecular complexity index is 787. The predicted octanol–water partition coefficient (Wildman–Crippen LogP) is 2.75. The van der Waals surface area contributed by atoms with Gasteiger partial charge in [-0.1, -0.05) is 6.07 Å². The summed E-state index contributed by atoms with van der Waals surface area (Å²) >= 11 is 1.55. The summed E-state index contributed by atoms with van der Waals surface area (Å²) in [5, 5.41) is 13.9. The molecule has 3 heterocycles. The number of thiazole rings is 1. The van der Waals surface area contributed by atoms with Crippen molar-refractivity contribution in [3.05, 3.63) is 46.2 Å². The molecule has 1 N–H and O–H groups in total. The number of carbonyl (C=O) groups is 1. The highest BCUT2D eigenvalue weighted by atomic mass is 32.1. The minimum atomic E-state index is -0.351. The molecule has 0 saturated carbocycles. The van der Waals surface area contributed by atoms with Crippen molar-refractivity contribution < 1.29 is 4.79 Å². The second-order valence-electron chi connectivity index (χ2n) is 5.89.